The predicted molar refractivity (Wildman–Crippen MR) is 153 cm³/mol. The Hall–Kier alpha value is -4.74. The molecule has 0 unspecified atom stereocenters. The molecular formula is C30H31F3N8O. The first-order valence-electron chi connectivity index (χ1n) is 13.4. The minimum absolute atomic E-state index is 0.0308. The van der Waals surface area contributed by atoms with Crippen molar-refractivity contribution in [2.75, 3.05) is 5.32 Å². The highest BCUT2D eigenvalue weighted by Gasteiger charge is 2.32. The molecule has 42 heavy (non-hydrogen) atoms. The number of nitrogens with one attached hydrogen (secondary N) is 2. The molecule has 9 nitrogen and oxygen atoms in total. The Morgan fingerprint density at radius 1 is 1.00 bits per heavy atom. The molecule has 0 saturated carbocycles. The van der Waals surface area contributed by atoms with E-state index in [2.05, 4.69) is 46.7 Å². The number of rotatable bonds is 6. The molecule has 2 N–H and O–H groups in total. The number of amides is 1. The number of fused-ring (bicyclic) bond motifs is 1. The number of carbonyl (C=O) groups is 1. The molecular weight excluding hydrogens is 545 g/mol. The molecule has 1 amide bonds. The fraction of sp³-hybridized carbons (Fsp3) is 0.300. The average Bonchev–Trinajstić information content (AvgIpc) is 3.54. The summed E-state index contributed by atoms with van der Waals surface area (Å²) in [6, 6.07) is 17.1. The fourth-order valence-electron chi connectivity index (χ4n) is 4.87. The number of H-pyrrole nitrogens is 1. The molecule has 5 aromatic rings. The Labute approximate surface area is 240 Å². The van der Waals surface area contributed by atoms with Crippen molar-refractivity contribution in [2.24, 2.45) is 12.0 Å². The van der Waals surface area contributed by atoms with Crippen molar-refractivity contribution in [2.45, 2.75) is 52.3 Å². The van der Waals surface area contributed by atoms with E-state index in [1.165, 1.54) is 12.1 Å². The number of aryl methyl sites for hydroxylation is 2. The van der Waals surface area contributed by atoms with E-state index in [0.29, 0.717) is 39.9 Å². The Morgan fingerprint density at radius 2 is 1.69 bits per heavy atom. The molecule has 3 aromatic carbocycles. The first-order valence-corrected chi connectivity index (χ1v) is 13.4. The van der Waals surface area contributed by atoms with Crippen LogP contribution in [0, 0.1) is 0 Å². The van der Waals surface area contributed by atoms with Crippen LogP contribution in [0.2, 0.25) is 0 Å². The van der Waals surface area contributed by atoms with Crippen molar-refractivity contribution in [1.82, 2.24) is 29.8 Å². The number of anilines is 1. The molecule has 0 bridgehead atoms. The average molecular weight is 577 g/mol. The van der Waals surface area contributed by atoms with Gasteiger partial charge in [-0.2, -0.15) is 13.2 Å². The third-order valence-electron chi connectivity index (χ3n) is 7.14. The van der Waals surface area contributed by atoms with Gasteiger partial charge in [-0.25, -0.2) is 10.1 Å². The first kappa shape index (κ1) is 28.8. The maximum absolute atomic E-state index is 13.9. The third kappa shape index (κ3) is 5.83. The van der Waals surface area contributed by atoms with Gasteiger partial charge in [0.25, 0.3) is 5.91 Å². The lowest BCUT2D eigenvalue weighted by atomic mass is 9.87. The van der Waals surface area contributed by atoms with E-state index in [4.69, 9.17) is 4.99 Å². The van der Waals surface area contributed by atoms with E-state index in [1.54, 1.807) is 28.8 Å². The number of aromatic amines is 1. The van der Waals surface area contributed by atoms with E-state index >= 15 is 0 Å². The van der Waals surface area contributed by atoms with Crippen molar-refractivity contribution in [1.29, 1.82) is 0 Å². The van der Waals surface area contributed by atoms with Gasteiger partial charge < -0.3 is 9.13 Å². The standard InChI is InChI=1S/C30H31F3N8O/c1-6-19-15-22(30(31,32)33)16-24-25(19)40(5)28(34-23-13-11-21(12-14-23)29(2,3)4)41(24)17-18-7-9-20(10-8-18)26(42)35-27-36-38-39-37-27/h7-16H,6,17H2,1-5H3,(H2,35,36,37,38,39,42). The van der Waals surface area contributed by atoms with Crippen LogP contribution >= 0.6 is 0 Å². The molecule has 5 rings (SSSR count). The molecule has 0 aliphatic heterocycles. The summed E-state index contributed by atoms with van der Waals surface area (Å²) in [5.41, 5.74) is 4.44. The van der Waals surface area contributed by atoms with Crippen LogP contribution in [0.1, 0.15) is 60.3 Å². The van der Waals surface area contributed by atoms with Gasteiger partial charge in [0.05, 0.1) is 28.8 Å². The molecule has 0 saturated heterocycles. The quantitative estimate of drug-likeness (QED) is 0.262. The number of tetrazole rings is 1. The van der Waals surface area contributed by atoms with Crippen molar-refractivity contribution in [3.05, 3.63) is 94.1 Å². The van der Waals surface area contributed by atoms with Crippen LogP contribution in [0.3, 0.4) is 0 Å². The summed E-state index contributed by atoms with van der Waals surface area (Å²) in [6.45, 7) is 8.45. The number of carbonyl (C=O) groups excluding carboxylic acids is 1. The third-order valence-corrected chi connectivity index (χ3v) is 7.14. The van der Waals surface area contributed by atoms with Gasteiger partial charge in [-0.1, -0.05) is 57.1 Å². The summed E-state index contributed by atoms with van der Waals surface area (Å²) in [4.78, 5) is 17.5. The second-order valence-corrected chi connectivity index (χ2v) is 11.1. The van der Waals surface area contributed by atoms with Gasteiger partial charge in [0.2, 0.25) is 11.6 Å². The molecule has 218 valence electrons. The van der Waals surface area contributed by atoms with Crippen molar-refractivity contribution in [3.63, 3.8) is 0 Å². The fourth-order valence-corrected chi connectivity index (χ4v) is 4.87. The lowest BCUT2D eigenvalue weighted by Gasteiger charge is -2.18. The molecule has 0 radical (unpaired) electrons. The summed E-state index contributed by atoms with van der Waals surface area (Å²) < 4.78 is 45.5. The SMILES string of the molecule is CCc1cc(C(F)(F)F)cc2c1n(C)c(=Nc1ccc(C(C)(C)C)cc1)n2Cc1ccc(C(=O)Nc2nnn[nH]2)cc1. The van der Waals surface area contributed by atoms with E-state index in [0.717, 1.165) is 11.1 Å². The van der Waals surface area contributed by atoms with Gasteiger partial charge in [-0.3, -0.25) is 10.1 Å². The van der Waals surface area contributed by atoms with E-state index in [9.17, 15) is 18.0 Å². The zero-order valence-corrected chi connectivity index (χ0v) is 23.9. The Balaban J connectivity index is 1.62. The molecule has 0 atom stereocenters. The van der Waals surface area contributed by atoms with Crippen LogP contribution in [-0.2, 0) is 31.6 Å². The van der Waals surface area contributed by atoms with Gasteiger partial charge in [0.1, 0.15) is 0 Å². The summed E-state index contributed by atoms with van der Waals surface area (Å²) in [6.07, 6.45) is -4.08. The molecule has 2 heterocycles. The van der Waals surface area contributed by atoms with Gasteiger partial charge in [0, 0.05) is 12.6 Å². The minimum Gasteiger partial charge on any atom is -0.313 e. The topological polar surface area (TPSA) is 106 Å². The van der Waals surface area contributed by atoms with Gasteiger partial charge in [0.15, 0.2) is 0 Å². The Kier molecular flexibility index (Phi) is 7.48. The number of imidazole rings is 1. The lowest BCUT2D eigenvalue weighted by Crippen LogP contribution is -2.24. The molecule has 2 aromatic heterocycles. The van der Waals surface area contributed by atoms with Crippen molar-refractivity contribution in [3.8, 4) is 0 Å². The number of hydrogen-bond donors (Lipinski definition) is 2. The van der Waals surface area contributed by atoms with Crippen LogP contribution in [-0.4, -0.2) is 35.7 Å². The predicted octanol–water partition coefficient (Wildman–Crippen LogP) is 5.90. The zero-order valence-electron chi connectivity index (χ0n) is 23.9. The molecule has 12 heteroatoms. The molecule has 0 spiro atoms. The zero-order chi connectivity index (χ0) is 30.2. The molecule has 0 fully saturated rings. The Morgan fingerprint density at radius 3 is 2.26 bits per heavy atom. The second kappa shape index (κ2) is 10.9. The van der Waals surface area contributed by atoms with Crippen LogP contribution in [0.4, 0.5) is 24.8 Å². The maximum atomic E-state index is 13.9. The number of nitrogens with zero attached hydrogens (tertiary/aromatic N) is 6. The smallest absolute Gasteiger partial charge is 0.313 e. The minimum atomic E-state index is -4.50. The highest BCUT2D eigenvalue weighted by atomic mass is 19.4. The summed E-state index contributed by atoms with van der Waals surface area (Å²) in [7, 11) is 1.82. The summed E-state index contributed by atoms with van der Waals surface area (Å²) in [5.74, 6) is -0.293. The van der Waals surface area contributed by atoms with Crippen LogP contribution < -0.4 is 10.9 Å². The number of hydrogen-bond acceptors (Lipinski definition) is 5. The highest BCUT2D eigenvalue weighted by Crippen LogP contribution is 2.34. The van der Waals surface area contributed by atoms with Gasteiger partial charge in [-0.15, -0.1) is 0 Å². The number of alkyl halides is 3. The number of benzene rings is 3. The summed E-state index contributed by atoms with van der Waals surface area (Å²) in [5, 5.41) is 15.5. The van der Waals surface area contributed by atoms with E-state index < -0.39 is 17.6 Å². The largest absolute Gasteiger partial charge is 0.416 e. The summed E-state index contributed by atoms with van der Waals surface area (Å²) >= 11 is 0. The van der Waals surface area contributed by atoms with Crippen molar-refractivity contribution < 1.29 is 18.0 Å². The molecule has 0 aliphatic rings. The number of halogens is 3. The first-order chi connectivity index (χ1) is 19.8. The van der Waals surface area contributed by atoms with Gasteiger partial charge >= 0.3 is 6.18 Å². The molecule has 0 aliphatic carbocycles. The van der Waals surface area contributed by atoms with Crippen LogP contribution in [0.5, 0.6) is 0 Å². The number of aromatic nitrogens is 6. The monoisotopic (exact) mass is 576 g/mol. The van der Waals surface area contributed by atoms with Crippen LogP contribution in [0.25, 0.3) is 11.0 Å². The maximum Gasteiger partial charge on any atom is 0.416 e. The van der Waals surface area contributed by atoms with E-state index in [1.807, 2.05) is 42.8 Å². The Bertz CT molecular complexity index is 1790. The van der Waals surface area contributed by atoms with Crippen LogP contribution in [0.15, 0.2) is 65.7 Å². The normalized spacial score (nSPS) is 12.7. The van der Waals surface area contributed by atoms with Gasteiger partial charge in [-0.05, 0) is 75.4 Å². The van der Waals surface area contributed by atoms with Crippen molar-refractivity contribution >= 4 is 28.6 Å². The lowest BCUT2D eigenvalue weighted by molar-refractivity contribution is -0.137. The second-order valence-electron chi connectivity index (χ2n) is 11.1. The van der Waals surface area contributed by atoms with E-state index in [-0.39, 0.29) is 17.9 Å². The highest BCUT2D eigenvalue weighted by molar-refractivity contribution is 6.03.